The molecule has 4 aliphatic rings. The zero-order valence-corrected chi connectivity index (χ0v) is 19.8. The summed E-state index contributed by atoms with van der Waals surface area (Å²) in [5.74, 6) is 1.45. The van der Waals surface area contributed by atoms with Crippen molar-refractivity contribution in [2.24, 2.45) is 39.4 Å². The molecule has 6 atom stereocenters. The highest BCUT2D eigenvalue weighted by molar-refractivity contribution is 5.71. The van der Waals surface area contributed by atoms with Gasteiger partial charge in [-0.3, -0.25) is 9.59 Å². The van der Waals surface area contributed by atoms with Gasteiger partial charge in [-0.1, -0.05) is 55.4 Å². The van der Waals surface area contributed by atoms with Gasteiger partial charge in [0.1, 0.15) is 12.2 Å². The van der Waals surface area contributed by atoms with E-state index in [1.165, 1.54) is 25.7 Å². The van der Waals surface area contributed by atoms with E-state index in [4.69, 9.17) is 9.47 Å². The van der Waals surface area contributed by atoms with Crippen molar-refractivity contribution in [3.05, 3.63) is 0 Å². The van der Waals surface area contributed by atoms with E-state index in [9.17, 15) is 9.59 Å². The third-order valence-corrected chi connectivity index (χ3v) is 10.4. The average Bonchev–Trinajstić information content (AvgIpc) is 3.14. The summed E-state index contributed by atoms with van der Waals surface area (Å²) in [5.41, 5.74) is 1.09. The molecule has 4 heteroatoms. The number of esters is 1. The van der Waals surface area contributed by atoms with Crippen LogP contribution in [0.1, 0.15) is 93.9 Å². The molecule has 0 spiro atoms. The van der Waals surface area contributed by atoms with Crippen LogP contribution in [-0.2, 0) is 19.1 Å². The molecule has 3 unspecified atom stereocenters. The van der Waals surface area contributed by atoms with Crippen molar-refractivity contribution in [1.82, 2.24) is 0 Å². The first kappa shape index (κ1) is 22.6. The van der Waals surface area contributed by atoms with Crippen molar-refractivity contribution < 1.29 is 19.1 Å². The zero-order chi connectivity index (χ0) is 21.8. The van der Waals surface area contributed by atoms with Crippen LogP contribution in [0.5, 0.6) is 0 Å². The van der Waals surface area contributed by atoms with Crippen LogP contribution >= 0.6 is 0 Å². The Labute approximate surface area is 177 Å². The van der Waals surface area contributed by atoms with E-state index in [0.717, 1.165) is 24.7 Å². The molecule has 0 aromatic heterocycles. The fourth-order valence-electron chi connectivity index (χ4n) is 6.99. The highest BCUT2D eigenvalue weighted by atomic mass is 16.5. The maximum Gasteiger partial charge on any atom is 0.308 e. The molecule has 0 aliphatic heterocycles. The number of ether oxygens (including phenoxy) is 2. The molecular weight excluding hydrogens is 364 g/mol. The lowest BCUT2D eigenvalue weighted by atomic mass is 9.70. The van der Waals surface area contributed by atoms with Crippen LogP contribution in [0.15, 0.2) is 0 Å². The minimum atomic E-state index is -0.0328. The molecule has 0 heterocycles. The van der Waals surface area contributed by atoms with E-state index in [2.05, 4.69) is 41.5 Å². The second-order valence-corrected chi connectivity index (χ2v) is 12.0. The Morgan fingerprint density at radius 1 is 0.862 bits per heavy atom. The molecule has 0 radical (unpaired) electrons. The fraction of sp³-hybridized carbons (Fsp3) is 0.920. The zero-order valence-electron chi connectivity index (χ0n) is 19.8. The Balaban J connectivity index is 0.000000169. The summed E-state index contributed by atoms with van der Waals surface area (Å²) in [4.78, 5) is 22.1. The number of rotatable bonds is 4. The Kier molecular flexibility index (Phi) is 5.67. The van der Waals surface area contributed by atoms with Gasteiger partial charge in [0.05, 0.1) is 5.92 Å². The van der Waals surface area contributed by atoms with Crippen LogP contribution in [-0.4, -0.2) is 24.6 Å². The maximum atomic E-state index is 11.7. The van der Waals surface area contributed by atoms with Crippen molar-refractivity contribution in [2.45, 2.75) is 106 Å². The van der Waals surface area contributed by atoms with Gasteiger partial charge in [0.2, 0.25) is 0 Å². The maximum absolute atomic E-state index is 11.7. The minimum Gasteiger partial charge on any atom is -0.464 e. The molecule has 4 bridgehead atoms. The first-order valence-electron chi connectivity index (χ1n) is 11.6. The number of fused-ring (bicyclic) bond motifs is 4. The fourth-order valence-corrected chi connectivity index (χ4v) is 6.99. The molecular formula is C25H42O4. The Hall–Kier alpha value is -1.06. The van der Waals surface area contributed by atoms with Crippen molar-refractivity contribution >= 4 is 12.4 Å². The summed E-state index contributed by atoms with van der Waals surface area (Å²) in [6.07, 6.45) is 7.49. The van der Waals surface area contributed by atoms with Crippen molar-refractivity contribution in [1.29, 1.82) is 0 Å². The summed E-state index contributed by atoms with van der Waals surface area (Å²) < 4.78 is 10.9. The first-order valence-corrected chi connectivity index (χ1v) is 11.6. The summed E-state index contributed by atoms with van der Waals surface area (Å²) in [5, 5.41) is 0. The van der Waals surface area contributed by atoms with Crippen LogP contribution in [0.4, 0.5) is 0 Å². The van der Waals surface area contributed by atoms with Gasteiger partial charge >= 0.3 is 5.97 Å². The van der Waals surface area contributed by atoms with Crippen LogP contribution < -0.4 is 0 Å². The summed E-state index contributed by atoms with van der Waals surface area (Å²) in [6, 6.07) is 0. The smallest absolute Gasteiger partial charge is 0.308 e. The standard InChI is InChI=1S/C14H24O2.C11H18O2/c1-9(2)12(15)16-11-8-10-6-7-14(11,5)13(10,3)4;1-10(2)8-4-5-11(10,3)9(6-8)13-7-12/h9-11H,6-8H2,1-5H3;7-9H,4-6H2,1-3H3/t10-,11?,14-;8?,9-,11?/m10/s1. The van der Waals surface area contributed by atoms with E-state index in [1.54, 1.807) is 0 Å². The molecule has 4 nitrogen and oxygen atoms in total. The molecule has 4 aliphatic carbocycles. The van der Waals surface area contributed by atoms with Gasteiger partial charge in [-0.15, -0.1) is 0 Å². The second kappa shape index (κ2) is 7.27. The Morgan fingerprint density at radius 2 is 1.31 bits per heavy atom. The lowest BCUT2D eigenvalue weighted by Gasteiger charge is -2.38. The molecule has 0 aromatic rings. The van der Waals surface area contributed by atoms with Crippen LogP contribution in [0.25, 0.3) is 0 Å². The lowest BCUT2D eigenvalue weighted by Crippen LogP contribution is -2.39. The molecule has 0 aromatic carbocycles. The Bertz CT molecular complexity index is 651. The molecule has 0 saturated heterocycles. The van der Waals surface area contributed by atoms with E-state index < -0.39 is 0 Å². The first-order chi connectivity index (χ1) is 13.3. The van der Waals surface area contributed by atoms with E-state index >= 15 is 0 Å². The van der Waals surface area contributed by atoms with Gasteiger partial charge < -0.3 is 9.47 Å². The van der Waals surface area contributed by atoms with E-state index in [1.807, 2.05) is 13.8 Å². The molecule has 0 N–H and O–H groups in total. The van der Waals surface area contributed by atoms with Gasteiger partial charge in [-0.2, -0.15) is 0 Å². The Morgan fingerprint density at radius 3 is 1.62 bits per heavy atom. The van der Waals surface area contributed by atoms with Gasteiger partial charge in [-0.25, -0.2) is 0 Å². The predicted octanol–water partition coefficient (Wildman–Crippen LogP) is 5.77. The normalized spacial score (nSPS) is 43.1. The van der Waals surface area contributed by atoms with Crippen molar-refractivity contribution in [2.75, 3.05) is 0 Å². The minimum absolute atomic E-state index is 0.00848. The number of carbonyl (C=O) groups is 2. The highest BCUT2D eigenvalue weighted by Gasteiger charge is 2.63. The molecule has 4 rings (SSSR count). The van der Waals surface area contributed by atoms with E-state index in [0.29, 0.717) is 17.3 Å². The van der Waals surface area contributed by atoms with Gasteiger partial charge in [-0.05, 0) is 61.2 Å². The third-order valence-electron chi connectivity index (χ3n) is 10.4. The van der Waals surface area contributed by atoms with E-state index in [-0.39, 0.29) is 34.9 Å². The van der Waals surface area contributed by atoms with Crippen molar-refractivity contribution in [3.63, 3.8) is 0 Å². The number of carbonyl (C=O) groups excluding carboxylic acids is 2. The quantitative estimate of drug-likeness (QED) is 0.439. The van der Waals surface area contributed by atoms with Gasteiger partial charge in [0.15, 0.2) is 0 Å². The monoisotopic (exact) mass is 406 g/mol. The molecule has 29 heavy (non-hydrogen) atoms. The lowest BCUT2D eigenvalue weighted by molar-refractivity contribution is -0.160. The predicted molar refractivity (Wildman–Crippen MR) is 114 cm³/mol. The average molecular weight is 407 g/mol. The SMILES string of the molecule is CC(C)C(=O)OC1C[C@H]2CC[C@@]1(C)C2(C)C.CC1(C)C2CCC1(C)[C@@H](OC=O)C2. The highest BCUT2D eigenvalue weighted by Crippen LogP contribution is 2.67. The molecule has 166 valence electrons. The van der Waals surface area contributed by atoms with Crippen LogP contribution in [0, 0.1) is 39.4 Å². The second-order valence-electron chi connectivity index (χ2n) is 12.0. The number of hydrogen-bond acceptors (Lipinski definition) is 4. The molecule has 0 amide bonds. The van der Waals surface area contributed by atoms with Gasteiger partial charge in [0.25, 0.3) is 6.47 Å². The number of hydrogen-bond donors (Lipinski definition) is 0. The van der Waals surface area contributed by atoms with Crippen LogP contribution in [0.2, 0.25) is 0 Å². The molecule has 4 fully saturated rings. The summed E-state index contributed by atoms with van der Waals surface area (Å²) >= 11 is 0. The largest absolute Gasteiger partial charge is 0.464 e. The van der Waals surface area contributed by atoms with Gasteiger partial charge in [0, 0.05) is 10.8 Å². The van der Waals surface area contributed by atoms with Crippen molar-refractivity contribution in [3.8, 4) is 0 Å². The molecule has 4 saturated carbocycles. The van der Waals surface area contributed by atoms with Crippen LogP contribution in [0.3, 0.4) is 0 Å². The summed E-state index contributed by atoms with van der Waals surface area (Å²) in [6.45, 7) is 18.3. The topological polar surface area (TPSA) is 52.6 Å². The summed E-state index contributed by atoms with van der Waals surface area (Å²) in [7, 11) is 0. The third kappa shape index (κ3) is 3.24.